The monoisotopic (exact) mass is 134 g/mol. The van der Waals surface area contributed by atoms with Crippen molar-refractivity contribution in [2.45, 2.75) is 12.3 Å². The Kier molecular flexibility index (Phi) is 1.19. The van der Waals surface area contributed by atoms with Crippen LogP contribution in [0.2, 0.25) is 0 Å². The Labute approximate surface area is 59.3 Å². The summed E-state index contributed by atoms with van der Waals surface area (Å²) in [5, 5.41) is 2.98. The minimum absolute atomic E-state index is 0.187. The van der Waals surface area contributed by atoms with Crippen molar-refractivity contribution in [2.75, 3.05) is 0 Å². The van der Waals surface area contributed by atoms with Gasteiger partial charge in [0.15, 0.2) is 6.29 Å². The second kappa shape index (κ2) is 2.04. The second-order valence-electron chi connectivity index (χ2n) is 2.34. The lowest BCUT2D eigenvalue weighted by atomic mass is 10.1. The third-order valence-corrected chi connectivity index (χ3v) is 1.62. The average Bonchev–Trinajstić information content (AvgIpc) is 2.27. The quantitative estimate of drug-likeness (QED) is 0.501. The van der Waals surface area contributed by atoms with Crippen LogP contribution in [0.25, 0.3) is 0 Å². The number of fused-ring (bicyclic) bond motifs is 1. The molecule has 2 N–H and O–H groups in total. The van der Waals surface area contributed by atoms with Crippen LogP contribution in [0.3, 0.4) is 0 Å². The molecular weight excluding hydrogens is 126 g/mol. The van der Waals surface area contributed by atoms with Crippen molar-refractivity contribution in [3.05, 3.63) is 24.3 Å². The first-order chi connectivity index (χ1) is 4.86. The molecule has 3 nitrogen and oxygen atoms in total. The van der Waals surface area contributed by atoms with Crippen molar-refractivity contribution in [1.29, 1.82) is 0 Å². The third-order valence-electron chi connectivity index (χ3n) is 1.62. The Morgan fingerprint density at radius 2 is 2.40 bits per heavy atom. The van der Waals surface area contributed by atoms with Gasteiger partial charge in [-0.1, -0.05) is 18.2 Å². The molecule has 2 unspecified atom stereocenters. The second-order valence-corrected chi connectivity index (χ2v) is 2.34. The van der Waals surface area contributed by atoms with E-state index in [-0.39, 0.29) is 6.04 Å². The van der Waals surface area contributed by atoms with Crippen molar-refractivity contribution in [2.24, 2.45) is 4.99 Å². The molecule has 0 saturated heterocycles. The fourth-order valence-corrected chi connectivity index (χ4v) is 1.15. The molecule has 0 saturated carbocycles. The van der Waals surface area contributed by atoms with E-state index in [0.29, 0.717) is 0 Å². The van der Waals surface area contributed by atoms with Crippen LogP contribution in [0.1, 0.15) is 0 Å². The van der Waals surface area contributed by atoms with Crippen LogP contribution in [-0.2, 0) is 0 Å². The molecule has 0 aromatic carbocycles. The SMILES string of the molecule is [NH]C1N=C2C=CC=CC2N1. The zero-order valence-corrected chi connectivity index (χ0v) is 5.41. The van der Waals surface area contributed by atoms with Gasteiger partial charge in [0.1, 0.15) is 0 Å². The van der Waals surface area contributed by atoms with Gasteiger partial charge in [-0.05, 0) is 6.08 Å². The van der Waals surface area contributed by atoms with Gasteiger partial charge < -0.3 is 0 Å². The highest BCUT2D eigenvalue weighted by Crippen LogP contribution is 2.08. The number of nitrogens with one attached hydrogen (secondary N) is 2. The van der Waals surface area contributed by atoms with E-state index in [1.165, 1.54) is 0 Å². The molecule has 2 rings (SSSR count). The summed E-state index contributed by atoms with van der Waals surface area (Å²) < 4.78 is 0. The summed E-state index contributed by atoms with van der Waals surface area (Å²) in [7, 11) is 0. The van der Waals surface area contributed by atoms with E-state index in [4.69, 9.17) is 5.73 Å². The minimum atomic E-state index is -0.465. The summed E-state index contributed by atoms with van der Waals surface area (Å²) in [5.41, 5.74) is 8.24. The highest BCUT2D eigenvalue weighted by Gasteiger charge is 2.21. The molecule has 0 amide bonds. The number of hydrogen-bond acceptors (Lipinski definition) is 2. The van der Waals surface area contributed by atoms with Gasteiger partial charge in [0.2, 0.25) is 0 Å². The normalized spacial score (nSPS) is 35.9. The van der Waals surface area contributed by atoms with Gasteiger partial charge in [-0.15, -0.1) is 0 Å². The lowest BCUT2D eigenvalue weighted by molar-refractivity contribution is 0.578. The summed E-state index contributed by atoms with van der Waals surface area (Å²) >= 11 is 0. The van der Waals surface area contributed by atoms with Crippen LogP contribution in [0, 0.1) is 0 Å². The molecule has 2 aliphatic rings. The standard InChI is InChI=1S/C7H8N3/c8-7-9-5-3-1-2-4-6(5)10-7/h1-5,7-9H. The van der Waals surface area contributed by atoms with Gasteiger partial charge in [-0.2, -0.15) is 0 Å². The largest absolute Gasteiger partial charge is 0.270 e. The molecule has 1 radical (unpaired) electrons. The molecule has 0 bridgehead atoms. The van der Waals surface area contributed by atoms with Crippen LogP contribution in [-0.4, -0.2) is 18.0 Å². The predicted octanol–water partition coefficient (Wildman–Crippen LogP) is 0.0917. The summed E-state index contributed by atoms with van der Waals surface area (Å²) in [6.07, 6.45) is 7.39. The molecule has 10 heavy (non-hydrogen) atoms. The van der Waals surface area contributed by atoms with Gasteiger partial charge in [0.25, 0.3) is 0 Å². The molecule has 51 valence electrons. The maximum atomic E-state index is 7.26. The molecule has 0 aromatic rings. The Hall–Kier alpha value is -0.930. The van der Waals surface area contributed by atoms with E-state index >= 15 is 0 Å². The molecular formula is C7H8N3. The smallest absolute Gasteiger partial charge is 0.167 e. The molecule has 1 heterocycles. The predicted molar refractivity (Wildman–Crippen MR) is 39.5 cm³/mol. The lowest BCUT2D eigenvalue weighted by Gasteiger charge is -2.07. The molecule has 1 aliphatic carbocycles. The maximum Gasteiger partial charge on any atom is 0.167 e. The van der Waals surface area contributed by atoms with Gasteiger partial charge in [-0.3, -0.25) is 10.3 Å². The van der Waals surface area contributed by atoms with Crippen LogP contribution in [0.15, 0.2) is 29.3 Å². The van der Waals surface area contributed by atoms with Crippen LogP contribution in [0.5, 0.6) is 0 Å². The zero-order valence-electron chi connectivity index (χ0n) is 5.41. The van der Waals surface area contributed by atoms with Crippen LogP contribution < -0.4 is 11.1 Å². The van der Waals surface area contributed by atoms with Gasteiger partial charge in [-0.25, -0.2) is 5.73 Å². The number of allylic oxidation sites excluding steroid dienone is 2. The van der Waals surface area contributed by atoms with E-state index < -0.39 is 6.29 Å². The lowest BCUT2D eigenvalue weighted by Crippen LogP contribution is -2.33. The number of nitrogens with zero attached hydrogens (tertiary/aromatic N) is 1. The number of hydrogen-bond donors (Lipinski definition) is 1. The summed E-state index contributed by atoms with van der Waals surface area (Å²) in [6.45, 7) is 0. The Morgan fingerprint density at radius 3 is 3.20 bits per heavy atom. The topological polar surface area (TPSA) is 48.2 Å². The first-order valence-electron chi connectivity index (χ1n) is 3.26. The number of aliphatic imine (C=N–C) groups is 1. The fourth-order valence-electron chi connectivity index (χ4n) is 1.15. The van der Waals surface area contributed by atoms with E-state index in [1.54, 1.807) is 0 Å². The Balaban J connectivity index is 2.29. The van der Waals surface area contributed by atoms with E-state index in [0.717, 1.165) is 5.71 Å². The molecule has 0 aromatic heterocycles. The molecule has 1 aliphatic heterocycles. The van der Waals surface area contributed by atoms with Crippen LogP contribution >= 0.6 is 0 Å². The number of rotatable bonds is 0. The summed E-state index contributed by atoms with van der Waals surface area (Å²) in [6, 6.07) is 0.187. The highest BCUT2D eigenvalue weighted by molar-refractivity contribution is 6.03. The summed E-state index contributed by atoms with van der Waals surface area (Å²) in [4.78, 5) is 4.04. The van der Waals surface area contributed by atoms with E-state index in [1.807, 2.05) is 24.3 Å². The molecule has 0 fully saturated rings. The first kappa shape index (κ1) is 5.82. The highest BCUT2D eigenvalue weighted by atomic mass is 15.2. The minimum Gasteiger partial charge on any atom is -0.270 e. The Morgan fingerprint density at radius 1 is 1.50 bits per heavy atom. The van der Waals surface area contributed by atoms with Gasteiger partial charge in [0.05, 0.1) is 11.8 Å². The van der Waals surface area contributed by atoms with Crippen LogP contribution in [0.4, 0.5) is 0 Å². The van der Waals surface area contributed by atoms with Crippen molar-refractivity contribution >= 4 is 5.71 Å². The van der Waals surface area contributed by atoms with Crippen molar-refractivity contribution in [1.82, 2.24) is 11.1 Å². The average molecular weight is 134 g/mol. The van der Waals surface area contributed by atoms with Gasteiger partial charge >= 0.3 is 0 Å². The van der Waals surface area contributed by atoms with E-state index in [2.05, 4.69) is 10.3 Å². The maximum absolute atomic E-state index is 7.26. The van der Waals surface area contributed by atoms with Crippen molar-refractivity contribution in [3.8, 4) is 0 Å². The van der Waals surface area contributed by atoms with Crippen molar-refractivity contribution < 1.29 is 0 Å². The first-order valence-corrected chi connectivity index (χ1v) is 3.26. The molecule has 0 spiro atoms. The third kappa shape index (κ3) is 0.798. The molecule has 3 heteroatoms. The summed E-state index contributed by atoms with van der Waals surface area (Å²) in [5.74, 6) is 0. The van der Waals surface area contributed by atoms with Crippen molar-refractivity contribution in [3.63, 3.8) is 0 Å². The van der Waals surface area contributed by atoms with Gasteiger partial charge in [0, 0.05) is 0 Å². The fraction of sp³-hybridized carbons (Fsp3) is 0.286. The zero-order chi connectivity index (χ0) is 6.97. The Bertz CT molecular complexity index is 227. The van der Waals surface area contributed by atoms with E-state index in [9.17, 15) is 0 Å². The molecule has 2 atom stereocenters.